The van der Waals surface area contributed by atoms with Gasteiger partial charge in [-0.2, -0.15) is 5.10 Å². The lowest BCUT2D eigenvalue weighted by Crippen LogP contribution is -2.49. The minimum Gasteiger partial charge on any atom is -0.368 e. The van der Waals surface area contributed by atoms with Crippen LogP contribution in [-0.4, -0.2) is 47.2 Å². The molecule has 116 valence electrons. The van der Waals surface area contributed by atoms with Crippen molar-refractivity contribution in [2.45, 2.75) is 13.3 Å². The summed E-state index contributed by atoms with van der Waals surface area (Å²) in [5.74, 6) is -0.112. The molecule has 6 heteroatoms. The largest absolute Gasteiger partial charge is 0.368 e. The van der Waals surface area contributed by atoms with E-state index in [9.17, 15) is 9.18 Å². The number of benzene rings is 1. The minimum atomic E-state index is -0.229. The van der Waals surface area contributed by atoms with Gasteiger partial charge in [0.1, 0.15) is 5.82 Å². The van der Waals surface area contributed by atoms with Crippen LogP contribution in [0.5, 0.6) is 0 Å². The number of carbonyl (C=O) groups is 1. The molecular weight excluding hydrogens is 283 g/mol. The van der Waals surface area contributed by atoms with Gasteiger partial charge < -0.3 is 9.80 Å². The van der Waals surface area contributed by atoms with Crippen molar-refractivity contribution in [3.8, 4) is 0 Å². The molecule has 0 saturated carbocycles. The summed E-state index contributed by atoms with van der Waals surface area (Å²) in [6, 6.07) is 6.49. The van der Waals surface area contributed by atoms with Crippen LogP contribution in [0.4, 0.5) is 10.1 Å². The van der Waals surface area contributed by atoms with Gasteiger partial charge in [-0.1, -0.05) is 0 Å². The quantitative estimate of drug-likeness (QED) is 0.940. The number of piperazine rings is 1. The summed E-state index contributed by atoms with van der Waals surface area (Å²) >= 11 is 0. The fourth-order valence-electron chi connectivity index (χ4n) is 2.68. The highest BCUT2D eigenvalue weighted by atomic mass is 19.1. The summed E-state index contributed by atoms with van der Waals surface area (Å²) in [5, 5.41) is 6.82. The van der Waals surface area contributed by atoms with Crippen LogP contribution in [-0.2, 0) is 11.2 Å². The molecule has 1 amide bonds. The van der Waals surface area contributed by atoms with E-state index in [1.165, 1.54) is 12.1 Å². The lowest BCUT2D eigenvalue weighted by molar-refractivity contribution is -0.130. The molecule has 1 fully saturated rings. The second-order valence-corrected chi connectivity index (χ2v) is 5.55. The number of carbonyl (C=O) groups excluding carboxylic acids is 1. The molecule has 1 saturated heterocycles. The first kappa shape index (κ1) is 14.6. The van der Waals surface area contributed by atoms with Gasteiger partial charge in [0.25, 0.3) is 0 Å². The summed E-state index contributed by atoms with van der Waals surface area (Å²) < 4.78 is 13.0. The number of aromatic amines is 1. The molecule has 3 rings (SSSR count). The maximum Gasteiger partial charge on any atom is 0.228 e. The van der Waals surface area contributed by atoms with E-state index in [1.807, 2.05) is 11.8 Å². The van der Waals surface area contributed by atoms with Gasteiger partial charge in [-0.15, -0.1) is 0 Å². The van der Waals surface area contributed by atoms with Gasteiger partial charge in [0.2, 0.25) is 5.91 Å². The summed E-state index contributed by atoms with van der Waals surface area (Å²) in [5.41, 5.74) is 2.89. The molecule has 0 radical (unpaired) electrons. The number of hydrogen-bond acceptors (Lipinski definition) is 3. The molecule has 1 aromatic carbocycles. The minimum absolute atomic E-state index is 0.117. The van der Waals surface area contributed by atoms with E-state index in [0.29, 0.717) is 19.5 Å². The fraction of sp³-hybridized carbons (Fsp3) is 0.375. The van der Waals surface area contributed by atoms with E-state index < -0.39 is 0 Å². The standard InChI is InChI=1S/C16H19FN4O/c1-12-11-18-19-15(12)10-16(22)21-8-6-20(7-9-21)14-4-2-13(17)3-5-14/h2-5,11H,6-10H2,1H3,(H,18,19). The fourth-order valence-corrected chi connectivity index (χ4v) is 2.68. The zero-order valence-corrected chi connectivity index (χ0v) is 12.6. The zero-order valence-electron chi connectivity index (χ0n) is 12.6. The Labute approximate surface area is 128 Å². The molecular formula is C16H19FN4O. The molecule has 0 unspecified atom stereocenters. The van der Waals surface area contributed by atoms with E-state index in [4.69, 9.17) is 0 Å². The van der Waals surface area contributed by atoms with Crippen molar-refractivity contribution in [3.63, 3.8) is 0 Å². The van der Waals surface area contributed by atoms with Crippen LogP contribution in [0.15, 0.2) is 30.5 Å². The summed E-state index contributed by atoms with van der Waals surface area (Å²) in [6.07, 6.45) is 2.09. The Hall–Kier alpha value is -2.37. The topological polar surface area (TPSA) is 52.2 Å². The van der Waals surface area contributed by atoms with Crippen LogP contribution < -0.4 is 4.90 Å². The number of anilines is 1. The number of nitrogens with zero attached hydrogens (tertiary/aromatic N) is 3. The average molecular weight is 302 g/mol. The molecule has 5 nitrogen and oxygen atoms in total. The molecule has 22 heavy (non-hydrogen) atoms. The van der Waals surface area contributed by atoms with Crippen molar-refractivity contribution in [3.05, 3.63) is 47.5 Å². The zero-order chi connectivity index (χ0) is 15.5. The van der Waals surface area contributed by atoms with Crippen LogP contribution in [0, 0.1) is 12.7 Å². The van der Waals surface area contributed by atoms with Crippen LogP contribution in [0.1, 0.15) is 11.3 Å². The number of hydrogen-bond donors (Lipinski definition) is 1. The Kier molecular flexibility index (Phi) is 4.09. The molecule has 0 bridgehead atoms. The van der Waals surface area contributed by atoms with Crippen molar-refractivity contribution in [1.29, 1.82) is 0 Å². The average Bonchev–Trinajstić information content (AvgIpc) is 2.93. The first-order valence-electron chi connectivity index (χ1n) is 7.40. The predicted octanol–water partition coefficient (Wildman–Crippen LogP) is 1.75. The Morgan fingerprint density at radius 1 is 1.23 bits per heavy atom. The second kappa shape index (κ2) is 6.17. The van der Waals surface area contributed by atoms with Crippen molar-refractivity contribution in [2.24, 2.45) is 0 Å². The van der Waals surface area contributed by atoms with Gasteiger partial charge >= 0.3 is 0 Å². The lowest BCUT2D eigenvalue weighted by Gasteiger charge is -2.36. The Bertz CT molecular complexity index is 644. The smallest absolute Gasteiger partial charge is 0.228 e. The van der Waals surface area contributed by atoms with Crippen LogP contribution >= 0.6 is 0 Å². The lowest BCUT2D eigenvalue weighted by atomic mass is 10.2. The predicted molar refractivity (Wildman–Crippen MR) is 82.2 cm³/mol. The normalized spacial score (nSPS) is 15.2. The van der Waals surface area contributed by atoms with Crippen molar-refractivity contribution in [1.82, 2.24) is 15.1 Å². The van der Waals surface area contributed by atoms with E-state index >= 15 is 0 Å². The highest BCUT2D eigenvalue weighted by Gasteiger charge is 2.22. The monoisotopic (exact) mass is 302 g/mol. The van der Waals surface area contributed by atoms with Gasteiger partial charge in [-0.3, -0.25) is 9.89 Å². The number of rotatable bonds is 3. The van der Waals surface area contributed by atoms with Gasteiger partial charge in [-0.05, 0) is 36.8 Å². The Morgan fingerprint density at radius 3 is 2.50 bits per heavy atom. The summed E-state index contributed by atoms with van der Waals surface area (Å²) in [7, 11) is 0. The number of H-pyrrole nitrogens is 1. The van der Waals surface area contributed by atoms with Gasteiger partial charge in [-0.25, -0.2) is 4.39 Å². The number of halogens is 1. The third kappa shape index (κ3) is 3.10. The molecule has 1 N–H and O–H groups in total. The molecule has 1 aliphatic rings. The third-order valence-corrected chi connectivity index (χ3v) is 4.09. The molecule has 0 spiro atoms. The summed E-state index contributed by atoms with van der Waals surface area (Å²) in [6.45, 7) is 4.84. The van der Waals surface area contributed by atoms with Gasteiger partial charge in [0.05, 0.1) is 12.6 Å². The number of amides is 1. The molecule has 0 aliphatic carbocycles. The van der Waals surface area contributed by atoms with E-state index in [0.717, 1.165) is 30.0 Å². The van der Waals surface area contributed by atoms with Gasteiger partial charge in [0.15, 0.2) is 0 Å². The van der Waals surface area contributed by atoms with E-state index in [-0.39, 0.29) is 11.7 Å². The number of nitrogens with one attached hydrogen (secondary N) is 1. The molecule has 2 heterocycles. The van der Waals surface area contributed by atoms with Crippen LogP contribution in [0.3, 0.4) is 0 Å². The van der Waals surface area contributed by atoms with E-state index in [1.54, 1.807) is 18.3 Å². The van der Waals surface area contributed by atoms with E-state index in [2.05, 4.69) is 15.1 Å². The van der Waals surface area contributed by atoms with Gasteiger partial charge in [0, 0.05) is 37.6 Å². The van der Waals surface area contributed by atoms with Crippen LogP contribution in [0.25, 0.3) is 0 Å². The molecule has 0 atom stereocenters. The maximum atomic E-state index is 13.0. The molecule has 1 aromatic heterocycles. The SMILES string of the molecule is Cc1cn[nH]c1CC(=O)N1CCN(c2ccc(F)cc2)CC1. The first-order chi connectivity index (χ1) is 10.6. The highest BCUT2D eigenvalue weighted by molar-refractivity contribution is 5.79. The molecule has 1 aliphatic heterocycles. The maximum absolute atomic E-state index is 13.0. The Morgan fingerprint density at radius 2 is 1.91 bits per heavy atom. The molecule has 2 aromatic rings. The summed E-state index contributed by atoms with van der Waals surface area (Å²) in [4.78, 5) is 16.4. The number of aryl methyl sites for hydroxylation is 1. The number of aromatic nitrogens is 2. The highest BCUT2D eigenvalue weighted by Crippen LogP contribution is 2.17. The third-order valence-electron chi connectivity index (χ3n) is 4.09. The first-order valence-corrected chi connectivity index (χ1v) is 7.40. The second-order valence-electron chi connectivity index (χ2n) is 5.55. The van der Waals surface area contributed by atoms with Crippen molar-refractivity contribution in [2.75, 3.05) is 31.1 Å². The van der Waals surface area contributed by atoms with Crippen LogP contribution in [0.2, 0.25) is 0 Å². The van der Waals surface area contributed by atoms with Crippen molar-refractivity contribution < 1.29 is 9.18 Å². The van der Waals surface area contributed by atoms with Crippen molar-refractivity contribution >= 4 is 11.6 Å². The Balaban J connectivity index is 1.56.